The number of amides is 1. The Bertz CT molecular complexity index is 721. The lowest BCUT2D eigenvalue weighted by atomic mass is 10.1. The van der Waals surface area contributed by atoms with Crippen molar-refractivity contribution in [2.24, 2.45) is 0 Å². The van der Waals surface area contributed by atoms with Crippen LogP contribution in [0.3, 0.4) is 0 Å². The van der Waals surface area contributed by atoms with Crippen LogP contribution in [0.25, 0.3) is 17.0 Å². The molecule has 122 valence electrons. The van der Waals surface area contributed by atoms with E-state index < -0.39 is 0 Å². The highest BCUT2D eigenvalue weighted by molar-refractivity contribution is 5.96. The van der Waals surface area contributed by atoms with Crippen molar-refractivity contribution in [3.05, 3.63) is 41.7 Å². The Morgan fingerprint density at radius 2 is 1.96 bits per heavy atom. The van der Waals surface area contributed by atoms with Gasteiger partial charge < -0.3 is 14.1 Å². The number of nitrogens with zero attached hydrogens (tertiary/aromatic N) is 1. The van der Waals surface area contributed by atoms with Gasteiger partial charge in [-0.1, -0.05) is 25.1 Å². The molecule has 23 heavy (non-hydrogen) atoms. The smallest absolute Gasteiger partial charge is 0.246 e. The first kappa shape index (κ1) is 15.8. The van der Waals surface area contributed by atoms with Crippen LogP contribution < -0.4 is 0 Å². The van der Waals surface area contributed by atoms with E-state index in [9.17, 15) is 4.79 Å². The molecule has 0 aliphatic carbocycles. The Morgan fingerprint density at radius 1 is 1.26 bits per heavy atom. The summed E-state index contributed by atoms with van der Waals surface area (Å²) in [5.41, 5.74) is 1.87. The van der Waals surface area contributed by atoms with E-state index in [1.54, 1.807) is 6.08 Å². The number of furan rings is 1. The second-order valence-corrected chi connectivity index (χ2v) is 6.12. The number of ether oxygens (including phenoxy) is 1. The average Bonchev–Trinajstić information content (AvgIpc) is 2.89. The summed E-state index contributed by atoms with van der Waals surface area (Å²) in [6.07, 6.45) is 4.50. The third kappa shape index (κ3) is 3.32. The van der Waals surface area contributed by atoms with E-state index in [0.717, 1.165) is 28.7 Å². The maximum absolute atomic E-state index is 12.5. The maximum Gasteiger partial charge on any atom is 0.246 e. The summed E-state index contributed by atoms with van der Waals surface area (Å²) in [5, 5.41) is 1.05. The summed E-state index contributed by atoms with van der Waals surface area (Å²) in [6.45, 7) is 7.33. The summed E-state index contributed by atoms with van der Waals surface area (Å²) in [6, 6.07) is 7.93. The van der Waals surface area contributed by atoms with Gasteiger partial charge in [0.05, 0.1) is 12.2 Å². The summed E-state index contributed by atoms with van der Waals surface area (Å²) in [7, 11) is 0. The van der Waals surface area contributed by atoms with E-state index in [2.05, 4.69) is 6.92 Å². The molecule has 0 N–H and O–H groups in total. The number of morpholine rings is 1. The lowest BCUT2D eigenvalue weighted by Crippen LogP contribution is -2.47. The number of fused-ring (bicyclic) bond motifs is 1. The fraction of sp³-hybridized carbons (Fsp3) is 0.421. The second-order valence-electron chi connectivity index (χ2n) is 6.12. The molecule has 1 aliphatic heterocycles. The monoisotopic (exact) mass is 313 g/mol. The van der Waals surface area contributed by atoms with Crippen molar-refractivity contribution in [1.29, 1.82) is 0 Å². The standard InChI is InChI=1S/C19H23NO3/c1-4-17-16(15-7-5-6-8-18(15)23-17)9-10-19(21)20-11-13(2)22-14(3)12-20/h5-10,13-14H,4,11-12H2,1-3H3/b10-9+. The van der Waals surface area contributed by atoms with Gasteiger partial charge in [0, 0.05) is 36.5 Å². The van der Waals surface area contributed by atoms with E-state index in [0.29, 0.717) is 13.1 Å². The van der Waals surface area contributed by atoms with Crippen molar-refractivity contribution in [1.82, 2.24) is 4.90 Å². The molecule has 0 saturated carbocycles. The average molecular weight is 313 g/mol. The number of hydrogen-bond acceptors (Lipinski definition) is 3. The van der Waals surface area contributed by atoms with Crippen LogP contribution in [-0.4, -0.2) is 36.1 Å². The van der Waals surface area contributed by atoms with E-state index in [1.807, 2.05) is 49.1 Å². The molecule has 3 rings (SSSR count). The molecule has 1 saturated heterocycles. The predicted molar refractivity (Wildman–Crippen MR) is 91.2 cm³/mol. The molecule has 0 bridgehead atoms. The zero-order chi connectivity index (χ0) is 16.4. The highest BCUT2D eigenvalue weighted by Gasteiger charge is 2.24. The minimum absolute atomic E-state index is 0.0272. The molecular formula is C19H23NO3. The first-order valence-corrected chi connectivity index (χ1v) is 8.21. The summed E-state index contributed by atoms with van der Waals surface area (Å²) in [5.74, 6) is 0.943. The fourth-order valence-corrected chi connectivity index (χ4v) is 3.18. The van der Waals surface area contributed by atoms with Crippen LogP contribution in [0.1, 0.15) is 32.1 Å². The molecule has 2 atom stereocenters. The zero-order valence-corrected chi connectivity index (χ0v) is 13.9. The second kappa shape index (κ2) is 6.59. The number of carbonyl (C=O) groups is 1. The molecule has 1 amide bonds. The van der Waals surface area contributed by atoms with E-state index >= 15 is 0 Å². The van der Waals surface area contributed by atoms with Gasteiger partial charge in [0.15, 0.2) is 0 Å². The van der Waals surface area contributed by atoms with Crippen molar-refractivity contribution in [2.75, 3.05) is 13.1 Å². The van der Waals surface area contributed by atoms with Crippen LogP contribution in [0.4, 0.5) is 0 Å². The lowest BCUT2D eigenvalue weighted by molar-refractivity contribution is -0.137. The molecule has 1 aromatic heterocycles. The van der Waals surface area contributed by atoms with Gasteiger partial charge in [-0.25, -0.2) is 0 Å². The molecule has 0 radical (unpaired) electrons. The van der Waals surface area contributed by atoms with Gasteiger partial charge in [0.1, 0.15) is 11.3 Å². The Morgan fingerprint density at radius 3 is 2.65 bits per heavy atom. The lowest BCUT2D eigenvalue weighted by Gasteiger charge is -2.34. The first-order valence-electron chi connectivity index (χ1n) is 8.21. The molecule has 4 nitrogen and oxygen atoms in total. The van der Waals surface area contributed by atoms with Crippen molar-refractivity contribution in [2.45, 2.75) is 39.4 Å². The molecule has 1 fully saturated rings. The molecule has 0 spiro atoms. The van der Waals surface area contributed by atoms with Crippen molar-refractivity contribution in [3.63, 3.8) is 0 Å². The molecule has 2 unspecified atom stereocenters. The Balaban J connectivity index is 1.83. The van der Waals surface area contributed by atoms with Gasteiger partial charge in [-0.3, -0.25) is 4.79 Å². The number of rotatable bonds is 3. The van der Waals surface area contributed by atoms with E-state index in [4.69, 9.17) is 9.15 Å². The number of para-hydroxylation sites is 1. The van der Waals surface area contributed by atoms with Gasteiger partial charge >= 0.3 is 0 Å². The number of hydrogen-bond donors (Lipinski definition) is 0. The van der Waals surface area contributed by atoms with Crippen LogP contribution in [-0.2, 0) is 16.0 Å². The third-order valence-electron chi connectivity index (χ3n) is 4.16. The summed E-state index contributed by atoms with van der Waals surface area (Å²) in [4.78, 5) is 14.3. The first-order chi connectivity index (χ1) is 11.1. The van der Waals surface area contributed by atoms with Crippen LogP contribution >= 0.6 is 0 Å². The van der Waals surface area contributed by atoms with Gasteiger partial charge in [0.25, 0.3) is 0 Å². The molecule has 2 aromatic rings. The van der Waals surface area contributed by atoms with E-state index in [-0.39, 0.29) is 18.1 Å². The predicted octanol–water partition coefficient (Wildman–Crippen LogP) is 3.64. The van der Waals surface area contributed by atoms with Crippen LogP contribution in [0.5, 0.6) is 0 Å². The highest BCUT2D eigenvalue weighted by atomic mass is 16.5. The Kier molecular flexibility index (Phi) is 4.53. The van der Waals surface area contributed by atoms with Gasteiger partial charge in [0.2, 0.25) is 5.91 Å². The molecule has 1 aliphatic rings. The minimum atomic E-state index is 0.0272. The van der Waals surface area contributed by atoms with E-state index in [1.165, 1.54) is 0 Å². The van der Waals surface area contributed by atoms with Crippen molar-refractivity contribution < 1.29 is 13.9 Å². The SMILES string of the molecule is CCc1oc2ccccc2c1/C=C/C(=O)N1CC(C)OC(C)C1. The van der Waals surface area contributed by atoms with Gasteiger partial charge in [-0.05, 0) is 26.0 Å². The summed E-state index contributed by atoms with van der Waals surface area (Å²) >= 11 is 0. The van der Waals surface area contributed by atoms with Gasteiger partial charge in [-0.15, -0.1) is 0 Å². The fourth-order valence-electron chi connectivity index (χ4n) is 3.18. The highest BCUT2D eigenvalue weighted by Crippen LogP contribution is 2.27. The molecule has 2 heterocycles. The number of aryl methyl sites for hydroxylation is 1. The van der Waals surface area contributed by atoms with Crippen LogP contribution in [0.15, 0.2) is 34.8 Å². The quantitative estimate of drug-likeness (QED) is 0.812. The Hall–Kier alpha value is -2.07. The number of carbonyl (C=O) groups excluding carboxylic acids is 1. The van der Waals surface area contributed by atoms with Gasteiger partial charge in [-0.2, -0.15) is 0 Å². The topological polar surface area (TPSA) is 42.7 Å². The zero-order valence-electron chi connectivity index (χ0n) is 13.9. The normalized spacial score (nSPS) is 22.1. The van der Waals surface area contributed by atoms with Crippen LogP contribution in [0.2, 0.25) is 0 Å². The van der Waals surface area contributed by atoms with Crippen molar-refractivity contribution in [3.8, 4) is 0 Å². The van der Waals surface area contributed by atoms with Crippen LogP contribution in [0, 0.1) is 0 Å². The molecule has 1 aromatic carbocycles. The third-order valence-corrected chi connectivity index (χ3v) is 4.16. The minimum Gasteiger partial charge on any atom is -0.460 e. The number of benzene rings is 1. The molecule has 4 heteroatoms. The molecular weight excluding hydrogens is 290 g/mol. The Labute approximate surface area is 136 Å². The summed E-state index contributed by atoms with van der Waals surface area (Å²) < 4.78 is 11.5. The van der Waals surface area contributed by atoms with Crippen molar-refractivity contribution >= 4 is 23.0 Å². The maximum atomic E-state index is 12.5. The largest absolute Gasteiger partial charge is 0.460 e.